The third kappa shape index (κ3) is 3.26. The molecule has 1 aromatic carbocycles. The summed E-state index contributed by atoms with van der Waals surface area (Å²) in [6.07, 6.45) is 2.56. The molecule has 1 aliphatic rings. The number of nitro groups is 1. The lowest BCUT2D eigenvalue weighted by Gasteiger charge is -2.28. The van der Waals surface area contributed by atoms with E-state index in [1.807, 2.05) is 0 Å². The normalized spacial score (nSPS) is 22.3. The molecule has 2 rings (SSSR count). The summed E-state index contributed by atoms with van der Waals surface area (Å²) in [6, 6.07) is 3.55. The van der Waals surface area contributed by atoms with Crippen molar-refractivity contribution in [1.82, 2.24) is 5.32 Å². The Hall–Kier alpha value is -1.66. The fourth-order valence-corrected chi connectivity index (χ4v) is 2.54. The summed E-state index contributed by atoms with van der Waals surface area (Å²) in [5.41, 5.74) is -0.377. The Bertz CT molecular complexity index is 535. The van der Waals surface area contributed by atoms with Gasteiger partial charge in [-0.2, -0.15) is 0 Å². The van der Waals surface area contributed by atoms with Crippen LogP contribution in [0, 0.1) is 10.1 Å². The van der Waals surface area contributed by atoms with E-state index in [1.165, 1.54) is 12.1 Å². The van der Waals surface area contributed by atoms with E-state index < -0.39 is 16.9 Å². The first-order chi connectivity index (χ1) is 9.49. The van der Waals surface area contributed by atoms with E-state index in [1.54, 1.807) is 0 Å². The lowest BCUT2D eigenvalue weighted by Crippen LogP contribution is -2.45. The van der Waals surface area contributed by atoms with Gasteiger partial charge in [0.15, 0.2) is 0 Å². The quantitative estimate of drug-likeness (QED) is 0.661. The Morgan fingerprint density at radius 1 is 1.40 bits per heavy atom. The van der Waals surface area contributed by atoms with Crippen molar-refractivity contribution in [3.8, 4) is 0 Å². The monoisotopic (exact) mass is 298 g/mol. The average molecular weight is 299 g/mol. The second-order valence-electron chi connectivity index (χ2n) is 4.85. The van der Waals surface area contributed by atoms with Crippen LogP contribution in [0.4, 0.5) is 5.69 Å². The minimum Gasteiger partial charge on any atom is -0.391 e. The zero-order valence-corrected chi connectivity index (χ0v) is 11.5. The van der Waals surface area contributed by atoms with Crippen molar-refractivity contribution < 1.29 is 14.8 Å². The smallest absolute Gasteiger partial charge is 0.283 e. The average Bonchev–Trinajstić information content (AvgIpc) is 2.41. The molecule has 2 atom stereocenters. The molecule has 0 unspecified atom stereocenters. The number of hydrogen-bond donors (Lipinski definition) is 2. The standard InChI is InChI=1S/C13H15ClN2O4/c14-8-5-6-9(11(7-8)16(19)20)13(18)15-10-3-1-2-4-12(10)17/h5-7,10,12,17H,1-4H2,(H,15,18)/t10-,12-/m1/s1. The van der Waals surface area contributed by atoms with E-state index in [0.717, 1.165) is 18.9 Å². The van der Waals surface area contributed by atoms with Gasteiger partial charge >= 0.3 is 0 Å². The number of rotatable bonds is 3. The highest BCUT2D eigenvalue weighted by molar-refractivity contribution is 6.31. The summed E-state index contributed by atoms with van der Waals surface area (Å²) >= 11 is 5.70. The molecule has 1 fully saturated rings. The number of carbonyl (C=O) groups excluding carboxylic acids is 1. The molecule has 0 heterocycles. The molecule has 0 radical (unpaired) electrons. The molecule has 7 heteroatoms. The molecule has 1 amide bonds. The molecule has 0 bridgehead atoms. The van der Waals surface area contributed by atoms with Crippen molar-refractivity contribution in [2.75, 3.05) is 0 Å². The van der Waals surface area contributed by atoms with Crippen LogP contribution < -0.4 is 5.32 Å². The molecule has 2 N–H and O–H groups in total. The Labute approximate surface area is 120 Å². The maximum absolute atomic E-state index is 12.1. The highest BCUT2D eigenvalue weighted by Gasteiger charge is 2.27. The maximum Gasteiger partial charge on any atom is 0.283 e. The largest absolute Gasteiger partial charge is 0.391 e. The van der Waals surface area contributed by atoms with Gasteiger partial charge < -0.3 is 10.4 Å². The van der Waals surface area contributed by atoms with Crippen LogP contribution in [0.3, 0.4) is 0 Å². The van der Waals surface area contributed by atoms with Crippen LogP contribution in [0.2, 0.25) is 5.02 Å². The first-order valence-corrected chi connectivity index (χ1v) is 6.79. The van der Waals surface area contributed by atoms with E-state index in [4.69, 9.17) is 11.6 Å². The van der Waals surface area contributed by atoms with Gasteiger partial charge in [0.05, 0.1) is 17.1 Å². The molecular formula is C13H15ClN2O4. The number of nitrogens with zero attached hydrogens (tertiary/aromatic N) is 1. The summed E-state index contributed by atoms with van der Waals surface area (Å²) in [6.45, 7) is 0. The summed E-state index contributed by atoms with van der Waals surface area (Å²) in [7, 11) is 0. The molecule has 1 saturated carbocycles. The van der Waals surface area contributed by atoms with Crippen molar-refractivity contribution in [3.05, 3.63) is 38.9 Å². The molecule has 20 heavy (non-hydrogen) atoms. The minimum absolute atomic E-state index is 0.0443. The third-order valence-electron chi connectivity index (χ3n) is 3.45. The predicted octanol–water partition coefficient (Wildman–Crippen LogP) is 2.28. The third-order valence-corrected chi connectivity index (χ3v) is 3.68. The summed E-state index contributed by atoms with van der Waals surface area (Å²) in [4.78, 5) is 22.4. The van der Waals surface area contributed by atoms with Gasteiger partial charge in [-0.15, -0.1) is 0 Å². The Balaban J connectivity index is 2.18. The van der Waals surface area contributed by atoms with Gasteiger partial charge in [-0.3, -0.25) is 14.9 Å². The van der Waals surface area contributed by atoms with Crippen LogP contribution >= 0.6 is 11.6 Å². The van der Waals surface area contributed by atoms with E-state index in [-0.39, 0.29) is 22.3 Å². The van der Waals surface area contributed by atoms with Crippen LogP contribution in [0.25, 0.3) is 0 Å². The van der Waals surface area contributed by atoms with Gasteiger partial charge in [0.1, 0.15) is 5.56 Å². The minimum atomic E-state index is -0.641. The lowest BCUT2D eigenvalue weighted by molar-refractivity contribution is -0.385. The SMILES string of the molecule is O=C(N[C@@H]1CCCC[C@H]1O)c1ccc(Cl)cc1[N+](=O)[O-]. The Morgan fingerprint density at radius 3 is 2.75 bits per heavy atom. The fraction of sp³-hybridized carbons (Fsp3) is 0.462. The molecule has 1 aromatic rings. The van der Waals surface area contributed by atoms with Crippen molar-refractivity contribution in [2.24, 2.45) is 0 Å². The topological polar surface area (TPSA) is 92.5 Å². The molecule has 108 valence electrons. The zero-order chi connectivity index (χ0) is 14.7. The van der Waals surface area contributed by atoms with Gasteiger partial charge in [-0.25, -0.2) is 0 Å². The number of carbonyl (C=O) groups is 1. The van der Waals surface area contributed by atoms with Gasteiger partial charge in [-0.1, -0.05) is 24.4 Å². The number of benzene rings is 1. The van der Waals surface area contributed by atoms with Gasteiger partial charge in [-0.05, 0) is 25.0 Å². The van der Waals surface area contributed by atoms with Crippen molar-refractivity contribution in [2.45, 2.75) is 37.8 Å². The zero-order valence-electron chi connectivity index (χ0n) is 10.7. The Morgan fingerprint density at radius 2 is 2.10 bits per heavy atom. The number of nitro benzene ring substituents is 1. The van der Waals surface area contributed by atoms with Crippen LogP contribution in [-0.2, 0) is 0 Å². The van der Waals surface area contributed by atoms with Crippen molar-refractivity contribution in [3.63, 3.8) is 0 Å². The second kappa shape index (κ2) is 6.19. The Kier molecular flexibility index (Phi) is 4.57. The maximum atomic E-state index is 12.1. The summed E-state index contributed by atoms with van der Waals surface area (Å²) in [5.74, 6) is -0.556. The number of halogens is 1. The molecule has 6 nitrogen and oxygen atoms in total. The first-order valence-electron chi connectivity index (χ1n) is 6.42. The van der Waals surface area contributed by atoms with Crippen LogP contribution in [0.1, 0.15) is 36.0 Å². The lowest BCUT2D eigenvalue weighted by atomic mass is 9.92. The van der Waals surface area contributed by atoms with Gasteiger partial charge in [0.25, 0.3) is 11.6 Å². The van der Waals surface area contributed by atoms with E-state index >= 15 is 0 Å². The van der Waals surface area contributed by atoms with Crippen LogP contribution in [0.15, 0.2) is 18.2 Å². The van der Waals surface area contributed by atoms with E-state index in [9.17, 15) is 20.0 Å². The molecule has 0 aliphatic heterocycles. The van der Waals surface area contributed by atoms with E-state index in [0.29, 0.717) is 12.8 Å². The van der Waals surface area contributed by atoms with Gasteiger partial charge in [0.2, 0.25) is 0 Å². The number of nitrogens with one attached hydrogen (secondary N) is 1. The van der Waals surface area contributed by atoms with Crippen molar-refractivity contribution >= 4 is 23.2 Å². The molecule has 0 aromatic heterocycles. The summed E-state index contributed by atoms with van der Waals surface area (Å²) < 4.78 is 0. The van der Waals surface area contributed by atoms with Crippen LogP contribution in [0.5, 0.6) is 0 Å². The summed E-state index contributed by atoms with van der Waals surface area (Å²) in [5, 5.41) is 23.6. The van der Waals surface area contributed by atoms with Gasteiger partial charge in [0, 0.05) is 11.1 Å². The fourth-order valence-electron chi connectivity index (χ4n) is 2.37. The number of aliphatic hydroxyl groups excluding tert-OH is 1. The van der Waals surface area contributed by atoms with E-state index in [2.05, 4.69) is 5.32 Å². The predicted molar refractivity (Wildman–Crippen MR) is 73.8 cm³/mol. The molecule has 0 spiro atoms. The molecule has 1 aliphatic carbocycles. The van der Waals surface area contributed by atoms with Crippen LogP contribution in [-0.4, -0.2) is 28.1 Å². The van der Waals surface area contributed by atoms with Crippen molar-refractivity contribution in [1.29, 1.82) is 0 Å². The number of hydrogen-bond acceptors (Lipinski definition) is 4. The molecule has 0 saturated heterocycles. The molecular weight excluding hydrogens is 284 g/mol. The highest BCUT2D eigenvalue weighted by atomic mass is 35.5. The second-order valence-corrected chi connectivity index (χ2v) is 5.29. The number of aliphatic hydroxyl groups is 1. The highest BCUT2D eigenvalue weighted by Crippen LogP contribution is 2.24. The number of amides is 1. The first kappa shape index (κ1) is 14.7.